The Morgan fingerprint density at radius 3 is 2.79 bits per heavy atom. The number of esters is 1. The van der Waals surface area contributed by atoms with Crippen LogP contribution < -0.4 is 0 Å². The topological polar surface area (TPSA) is 59.0 Å². The highest BCUT2D eigenvalue weighted by Gasteiger charge is 2.38. The van der Waals surface area contributed by atoms with Crippen LogP contribution in [0.4, 0.5) is 0 Å². The third-order valence-electron chi connectivity index (χ3n) is 3.46. The van der Waals surface area contributed by atoms with Crippen molar-refractivity contribution in [1.82, 2.24) is 4.90 Å². The van der Waals surface area contributed by atoms with Crippen LogP contribution in [0.1, 0.15) is 40.0 Å². The molecule has 5 nitrogen and oxygen atoms in total. The summed E-state index contributed by atoms with van der Waals surface area (Å²) in [4.78, 5) is 14.0. The van der Waals surface area contributed by atoms with Crippen LogP contribution >= 0.6 is 0 Å². The summed E-state index contributed by atoms with van der Waals surface area (Å²) < 4.78 is 10.7. The molecule has 1 N–H and O–H groups in total. The molecule has 1 saturated heterocycles. The van der Waals surface area contributed by atoms with Crippen molar-refractivity contribution in [2.24, 2.45) is 0 Å². The Kier molecular flexibility index (Phi) is 6.23. The lowest BCUT2D eigenvalue weighted by atomic mass is 10.0. The number of carbonyl (C=O) groups is 1. The molecule has 0 spiro atoms. The first kappa shape index (κ1) is 16.4. The maximum atomic E-state index is 12.0. The van der Waals surface area contributed by atoms with Crippen molar-refractivity contribution in [2.45, 2.75) is 57.8 Å². The molecule has 0 radical (unpaired) electrons. The Hall–Kier alpha value is -0.650. The van der Waals surface area contributed by atoms with E-state index in [1.54, 1.807) is 0 Å². The van der Waals surface area contributed by atoms with Crippen LogP contribution in [0.3, 0.4) is 0 Å². The fourth-order valence-corrected chi connectivity index (χ4v) is 2.66. The maximum absolute atomic E-state index is 12.0. The number of methoxy groups -OCH3 is 1. The molecule has 0 aromatic rings. The summed E-state index contributed by atoms with van der Waals surface area (Å²) in [6.45, 7) is 7.29. The fraction of sp³-hybridized carbons (Fsp3) is 0.929. The van der Waals surface area contributed by atoms with Gasteiger partial charge in [0.1, 0.15) is 6.04 Å². The predicted octanol–water partition coefficient (Wildman–Crippen LogP) is 1.19. The number of hydrogen-bond acceptors (Lipinski definition) is 5. The van der Waals surface area contributed by atoms with Gasteiger partial charge in [-0.2, -0.15) is 0 Å². The van der Waals surface area contributed by atoms with Crippen LogP contribution in [0.15, 0.2) is 0 Å². The SMILES string of the molecule is CCCCC(C(=O)OC)N1CC(CO)OC(C)(C)C1. The number of aliphatic hydroxyl groups is 1. The Bertz CT molecular complexity index is 293. The highest BCUT2D eigenvalue weighted by molar-refractivity contribution is 5.75. The average Bonchev–Trinajstić information content (AvgIpc) is 2.36. The Morgan fingerprint density at radius 1 is 1.58 bits per heavy atom. The third kappa shape index (κ3) is 4.75. The van der Waals surface area contributed by atoms with Crippen molar-refractivity contribution >= 4 is 5.97 Å². The zero-order valence-corrected chi connectivity index (χ0v) is 12.5. The van der Waals surface area contributed by atoms with Gasteiger partial charge in [-0.05, 0) is 20.3 Å². The van der Waals surface area contributed by atoms with Gasteiger partial charge in [0.05, 0.1) is 25.4 Å². The fourth-order valence-electron chi connectivity index (χ4n) is 2.66. The number of nitrogens with zero attached hydrogens (tertiary/aromatic N) is 1. The average molecular weight is 273 g/mol. The molecule has 0 aromatic carbocycles. The molecule has 112 valence electrons. The smallest absolute Gasteiger partial charge is 0.323 e. The number of hydrogen-bond donors (Lipinski definition) is 1. The lowest BCUT2D eigenvalue weighted by molar-refractivity contribution is -0.171. The molecule has 0 amide bonds. The minimum atomic E-state index is -0.357. The van der Waals surface area contributed by atoms with E-state index in [-0.39, 0.29) is 30.3 Å². The van der Waals surface area contributed by atoms with Crippen LogP contribution in [0, 0.1) is 0 Å². The summed E-state index contributed by atoms with van der Waals surface area (Å²) in [7, 11) is 1.43. The lowest BCUT2D eigenvalue weighted by Crippen LogP contribution is -2.58. The van der Waals surface area contributed by atoms with E-state index in [0.29, 0.717) is 13.1 Å². The van der Waals surface area contributed by atoms with E-state index in [1.165, 1.54) is 7.11 Å². The van der Waals surface area contributed by atoms with E-state index >= 15 is 0 Å². The van der Waals surface area contributed by atoms with Gasteiger partial charge in [0.25, 0.3) is 0 Å². The van der Waals surface area contributed by atoms with Gasteiger partial charge >= 0.3 is 5.97 Å². The maximum Gasteiger partial charge on any atom is 0.323 e. The second-order valence-electron chi connectivity index (χ2n) is 5.79. The largest absolute Gasteiger partial charge is 0.468 e. The van der Waals surface area contributed by atoms with Gasteiger partial charge in [-0.15, -0.1) is 0 Å². The van der Waals surface area contributed by atoms with Gasteiger partial charge < -0.3 is 14.6 Å². The van der Waals surface area contributed by atoms with Crippen molar-refractivity contribution in [1.29, 1.82) is 0 Å². The van der Waals surface area contributed by atoms with Gasteiger partial charge in [0.2, 0.25) is 0 Å². The first-order chi connectivity index (χ1) is 8.93. The second kappa shape index (κ2) is 7.22. The van der Waals surface area contributed by atoms with Crippen LogP contribution in [-0.4, -0.2) is 60.5 Å². The summed E-state index contributed by atoms with van der Waals surface area (Å²) in [5.74, 6) is -0.192. The Morgan fingerprint density at radius 2 is 2.26 bits per heavy atom. The number of morpholine rings is 1. The van der Waals surface area contributed by atoms with Crippen molar-refractivity contribution < 1.29 is 19.4 Å². The summed E-state index contributed by atoms with van der Waals surface area (Å²) in [6.07, 6.45) is 2.58. The van der Waals surface area contributed by atoms with E-state index in [9.17, 15) is 9.90 Å². The van der Waals surface area contributed by atoms with E-state index in [2.05, 4.69) is 11.8 Å². The Labute approximate surface area is 115 Å². The molecule has 5 heteroatoms. The molecule has 1 heterocycles. The first-order valence-corrected chi connectivity index (χ1v) is 7.04. The standard InChI is InChI=1S/C14H27NO4/c1-5-6-7-12(13(17)18-4)15-8-11(9-16)19-14(2,3)10-15/h11-12,16H,5-10H2,1-4H3. The quantitative estimate of drug-likeness (QED) is 0.737. The molecular weight excluding hydrogens is 246 g/mol. The minimum Gasteiger partial charge on any atom is -0.468 e. The lowest BCUT2D eigenvalue weighted by Gasteiger charge is -2.44. The van der Waals surface area contributed by atoms with Gasteiger partial charge in [-0.1, -0.05) is 19.8 Å². The van der Waals surface area contributed by atoms with Gasteiger partial charge in [0, 0.05) is 13.1 Å². The highest BCUT2D eigenvalue weighted by atomic mass is 16.5. The van der Waals surface area contributed by atoms with Crippen LogP contribution in [-0.2, 0) is 14.3 Å². The number of carbonyl (C=O) groups excluding carboxylic acids is 1. The molecule has 2 atom stereocenters. The van der Waals surface area contributed by atoms with Crippen LogP contribution in [0.25, 0.3) is 0 Å². The number of rotatable bonds is 6. The predicted molar refractivity (Wildman–Crippen MR) is 72.9 cm³/mol. The zero-order chi connectivity index (χ0) is 14.5. The van der Waals surface area contributed by atoms with Gasteiger partial charge in [-0.3, -0.25) is 9.69 Å². The van der Waals surface area contributed by atoms with Gasteiger partial charge in [-0.25, -0.2) is 0 Å². The molecule has 2 unspecified atom stereocenters. The van der Waals surface area contributed by atoms with E-state index < -0.39 is 0 Å². The normalized spacial score (nSPS) is 25.0. The van der Waals surface area contributed by atoms with Crippen molar-refractivity contribution in [2.75, 3.05) is 26.8 Å². The number of aliphatic hydroxyl groups excluding tert-OH is 1. The van der Waals surface area contributed by atoms with E-state index in [0.717, 1.165) is 19.3 Å². The van der Waals surface area contributed by atoms with Gasteiger partial charge in [0.15, 0.2) is 0 Å². The van der Waals surface area contributed by atoms with Crippen LogP contribution in [0.2, 0.25) is 0 Å². The van der Waals surface area contributed by atoms with Crippen molar-refractivity contribution in [3.63, 3.8) is 0 Å². The molecule has 1 aliphatic rings. The third-order valence-corrected chi connectivity index (χ3v) is 3.46. The summed E-state index contributed by atoms with van der Waals surface area (Å²) in [6, 6.07) is -0.234. The number of ether oxygens (including phenoxy) is 2. The molecule has 0 bridgehead atoms. The summed E-state index contributed by atoms with van der Waals surface area (Å²) in [5.41, 5.74) is -0.357. The monoisotopic (exact) mass is 273 g/mol. The molecule has 0 aliphatic carbocycles. The van der Waals surface area contributed by atoms with E-state index in [1.807, 2.05) is 13.8 Å². The zero-order valence-electron chi connectivity index (χ0n) is 12.5. The van der Waals surface area contributed by atoms with Crippen LogP contribution in [0.5, 0.6) is 0 Å². The summed E-state index contributed by atoms with van der Waals surface area (Å²) >= 11 is 0. The number of unbranched alkanes of at least 4 members (excludes halogenated alkanes) is 1. The van der Waals surface area contributed by atoms with E-state index in [4.69, 9.17) is 9.47 Å². The van der Waals surface area contributed by atoms with Crippen molar-refractivity contribution in [3.8, 4) is 0 Å². The molecule has 1 aliphatic heterocycles. The minimum absolute atomic E-state index is 0.0262. The highest BCUT2D eigenvalue weighted by Crippen LogP contribution is 2.24. The molecule has 0 saturated carbocycles. The van der Waals surface area contributed by atoms with Crippen molar-refractivity contribution in [3.05, 3.63) is 0 Å². The molecule has 1 rings (SSSR count). The molecule has 0 aromatic heterocycles. The molecule has 1 fully saturated rings. The first-order valence-electron chi connectivity index (χ1n) is 7.04. The second-order valence-corrected chi connectivity index (χ2v) is 5.79. The Balaban J connectivity index is 2.78. The summed E-state index contributed by atoms with van der Waals surface area (Å²) in [5, 5.41) is 9.33. The molecular formula is C14H27NO4. The molecule has 19 heavy (non-hydrogen) atoms.